The van der Waals surface area contributed by atoms with E-state index in [1.54, 1.807) is 0 Å². The lowest BCUT2D eigenvalue weighted by Crippen LogP contribution is -2.36. The molecule has 118 valence electrons. The van der Waals surface area contributed by atoms with Crippen LogP contribution >= 0.6 is 11.6 Å². The molecule has 0 bridgehead atoms. The molecule has 0 aliphatic heterocycles. The SMILES string of the molecule is CC(C)CC1(CNS(=O)(=O)c2ccnc(Cl)c2)CCCC1. The third kappa shape index (κ3) is 4.41. The maximum Gasteiger partial charge on any atom is 0.240 e. The van der Waals surface area contributed by atoms with Crippen molar-refractivity contribution in [2.24, 2.45) is 11.3 Å². The zero-order valence-corrected chi connectivity index (χ0v) is 14.2. The van der Waals surface area contributed by atoms with Crippen molar-refractivity contribution < 1.29 is 8.42 Å². The maximum absolute atomic E-state index is 12.4. The smallest absolute Gasteiger partial charge is 0.240 e. The molecule has 0 aromatic carbocycles. The number of sulfonamides is 1. The molecule has 1 aromatic rings. The standard InChI is InChI=1S/C15H23ClN2O2S/c1-12(2)10-15(6-3-4-7-15)11-18-21(19,20)13-5-8-17-14(16)9-13/h5,8-9,12,18H,3-4,6-7,10-11H2,1-2H3. The second-order valence-electron chi connectivity index (χ2n) is 6.44. The van der Waals surface area contributed by atoms with Gasteiger partial charge in [-0.25, -0.2) is 18.1 Å². The van der Waals surface area contributed by atoms with Gasteiger partial charge in [0, 0.05) is 12.7 Å². The highest BCUT2D eigenvalue weighted by atomic mass is 35.5. The average Bonchev–Trinajstić information content (AvgIpc) is 2.85. The van der Waals surface area contributed by atoms with Crippen LogP contribution in [0.1, 0.15) is 46.0 Å². The highest BCUT2D eigenvalue weighted by Crippen LogP contribution is 2.42. The van der Waals surface area contributed by atoms with Gasteiger partial charge in [0.05, 0.1) is 4.90 Å². The van der Waals surface area contributed by atoms with Crippen LogP contribution in [0.4, 0.5) is 0 Å². The second-order valence-corrected chi connectivity index (χ2v) is 8.60. The van der Waals surface area contributed by atoms with E-state index in [9.17, 15) is 8.42 Å². The highest BCUT2D eigenvalue weighted by molar-refractivity contribution is 7.89. The first-order valence-corrected chi connectivity index (χ1v) is 9.30. The molecule has 21 heavy (non-hydrogen) atoms. The fraction of sp³-hybridized carbons (Fsp3) is 0.667. The van der Waals surface area contributed by atoms with Gasteiger partial charge in [0.1, 0.15) is 5.15 Å². The van der Waals surface area contributed by atoms with Crippen LogP contribution < -0.4 is 4.72 Å². The second kappa shape index (κ2) is 6.63. The largest absolute Gasteiger partial charge is 0.244 e. The van der Waals surface area contributed by atoms with Crippen molar-refractivity contribution in [2.75, 3.05) is 6.54 Å². The molecule has 1 N–H and O–H groups in total. The summed E-state index contributed by atoms with van der Waals surface area (Å²) < 4.78 is 27.5. The van der Waals surface area contributed by atoms with E-state index >= 15 is 0 Å². The van der Waals surface area contributed by atoms with Gasteiger partial charge in [-0.3, -0.25) is 0 Å². The van der Waals surface area contributed by atoms with Crippen LogP contribution in [0.2, 0.25) is 5.15 Å². The zero-order valence-electron chi connectivity index (χ0n) is 12.6. The van der Waals surface area contributed by atoms with Crippen LogP contribution in [0.3, 0.4) is 0 Å². The summed E-state index contributed by atoms with van der Waals surface area (Å²) in [6.07, 6.45) is 7.06. The van der Waals surface area contributed by atoms with E-state index in [1.807, 2.05) is 0 Å². The average molecular weight is 331 g/mol. The van der Waals surface area contributed by atoms with Gasteiger partial charge in [0.15, 0.2) is 0 Å². The fourth-order valence-corrected chi connectivity index (χ4v) is 4.74. The Hall–Kier alpha value is -0.650. The van der Waals surface area contributed by atoms with E-state index in [4.69, 9.17) is 11.6 Å². The molecular weight excluding hydrogens is 308 g/mol. The first-order chi connectivity index (χ1) is 9.83. The Bertz CT molecular complexity index is 581. The van der Waals surface area contributed by atoms with E-state index in [0.717, 1.165) is 19.3 Å². The van der Waals surface area contributed by atoms with E-state index in [1.165, 1.54) is 31.2 Å². The van der Waals surface area contributed by atoms with Gasteiger partial charge < -0.3 is 0 Å². The van der Waals surface area contributed by atoms with Gasteiger partial charge in [-0.15, -0.1) is 0 Å². The maximum atomic E-state index is 12.4. The summed E-state index contributed by atoms with van der Waals surface area (Å²) in [6, 6.07) is 2.85. The molecule has 1 aromatic heterocycles. The molecule has 0 radical (unpaired) electrons. The van der Waals surface area contributed by atoms with Crippen LogP contribution in [-0.2, 0) is 10.0 Å². The number of halogens is 1. The van der Waals surface area contributed by atoms with Crippen molar-refractivity contribution in [2.45, 2.75) is 50.8 Å². The Morgan fingerprint density at radius 1 is 1.38 bits per heavy atom. The summed E-state index contributed by atoms with van der Waals surface area (Å²) >= 11 is 5.77. The molecule has 1 aliphatic carbocycles. The predicted octanol–water partition coefficient (Wildman–Crippen LogP) is 3.62. The molecular formula is C15H23ClN2O2S. The number of pyridine rings is 1. The molecule has 1 aliphatic rings. The minimum absolute atomic E-state index is 0.109. The Balaban J connectivity index is 2.10. The van der Waals surface area contributed by atoms with Crippen LogP contribution in [0.25, 0.3) is 0 Å². The lowest BCUT2D eigenvalue weighted by atomic mass is 9.79. The summed E-state index contributed by atoms with van der Waals surface area (Å²) in [6.45, 7) is 4.89. The summed E-state index contributed by atoms with van der Waals surface area (Å²) in [5.74, 6) is 0.572. The normalized spacial score (nSPS) is 18.3. The molecule has 6 heteroatoms. The van der Waals surface area contributed by atoms with Crippen molar-refractivity contribution >= 4 is 21.6 Å². The molecule has 0 saturated heterocycles. The topological polar surface area (TPSA) is 59.1 Å². The van der Waals surface area contributed by atoms with Crippen LogP contribution in [0, 0.1) is 11.3 Å². The van der Waals surface area contributed by atoms with Crippen molar-refractivity contribution in [1.29, 1.82) is 0 Å². The molecule has 0 unspecified atom stereocenters. The summed E-state index contributed by atoms with van der Waals surface area (Å²) in [5, 5.41) is 0.190. The molecule has 2 rings (SSSR count). The minimum Gasteiger partial charge on any atom is -0.244 e. The molecule has 0 atom stereocenters. The Morgan fingerprint density at radius 2 is 2.05 bits per heavy atom. The lowest BCUT2D eigenvalue weighted by Gasteiger charge is -2.31. The molecule has 1 saturated carbocycles. The van der Waals surface area contributed by atoms with E-state index in [-0.39, 0.29) is 15.5 Å². The Morgan fingerprint density at radius 3 is 2.62 bits per heavy atom. The number of hydrogen-bond donors (Lipinski definition) is 1. The Labute approximate surface area is 132 Å². The first kappa shape index (κ1) is 16.7. The van der Waals surface area contributed by atoms with E-state index in [2.05, 4.69) is 23.6 Å². The van der Waals surface area contributed by atoms with Crippen LogP contribution in [0.5, 0.6) is 0 Å². The summed E-state index contributed by atoms with van der Waals surface area (Å²) in [7, 11) is -3.52. The van der Waals surface area contributed by atoms with Gasteiger partial charge in [0.2, 0.25) is 10.0 Å². The fourth-order valence-electron chi connectivity index (χ4n) is 3.33. The van der Waals surface area contributed by atoms with E-state index in [0.29, 0.717) is 12.5 Å². The zero-order chi connectivity index (χ0) is 15.5. The molecule has 1 fully saturated rings. The van der Waals surface area contributed by atoms with Crippen molar-refractivity contribution in [3.05, 3.63) is 23.5 Å². The van der Waals surface area contributed by atoms with Gasteiger partial charge in [-0.05, 0) is 42.7 Å². The van der Waals surface area contributed by atoms with Crippen molar-refractivity contribution in [3.63, 3.8) is 0 Å². The number of nitrogens with zero attached hydrogens (tertiary/aromatic N) is 1. The lowest BCUT2D eigenvalue weighted by molar-refractivity contribution is 0.236. The number of rotatable bonds is 6. The van der Waals surface area contributed by atoms with Crippen molar-refractivity contribution in [3.8, 4) is 0 Å². The quantitative estimate of drug-likeness (QED) is 0.810. The molecule has 4 nitrogen and oxygen atoms in total. The van der Waals surface area contributed by atoms with Gasteiger partial charge in [0.25, 0.3) is 0 Å². The number of nitrogens with one attached hydrogen (secondary N) is 1. The number of aromatic nitrogens is 1. The summed E-state index contributed by atoms with van der Waals surface area (Å²) in [5.41, 5.74) is 0.109. The number of hydrogen-bond acceptors (Lipinski definition) is 3. The first-order valence-electron chi connectivity index (χ1n) is 7.44. The molecule has 0 amide bonds. The van der Waals surface area contributed by atoms with E-state index < -0.39 is 10.0 Å². The minimum atomic E-state index is -3.52. The third-order valence-corrected chi connectivity index (χ3v) is 5.76. The van der Waals surface area contributed by atoms with Gasteiger partial charge in [-0.2, -0.15) is 0 Å². The van der Waals surface area contributed by atoms with Gasteiger partial charge in [-0.1, -0.05) is 38.3 Å². The van der Waals surface area contributed by atoms with Gasteiger partial charge >= 0.3 is 0 Å². The highest BCUT2D eigenvalue weighted by Gasteiger charge is 2.35. The van der Waals surface area contributed by atoms with Crippen molar-refractivity contribution in [1.82, 2.24) is 9.71 Å². The molecule has 1 heterocycles. The Kier molecular flexibility index (Phi) is 5.28. The predicted molar refractivity (Wildman–Crippen MR) is 84.8 cm³/mol. The summed E-state index contributed by atoms with van der Waals surface area (Å²) in [4.78, 5) is 4.00. The molecule has 0 spiro atoms. The van der Waals surface area contributed by atoms with Crippen LogP contribution in [-0.4, -0.2) is 19.9 Å². The third-order valence-electron chi connectivity index (χ3n) is 4.15. The van der Waals surface area contributed by atoms with Crippen LogP contribution in [0.15, 0.2) is 23.2 Å². The monoisotopic (exact) mass is 330 g/mol.